The zero-order chi connectivity index (χ0) is 28.2. The number of halogens is 6. The fraction of sp³-hybridized carbons (Fsp3) is 0.750. The molecule has 0 saturated carbocycles. The van der Waals surface area contributed by atoms with E-state index in [4.69, 9.17) is 7.17 Å². The quantitative estimate of drug-likeness (QED) is 0.183. The van der Waals surface area contributed by atoms with Gasteiger partial charge < -0.3 is 8.99 Å². The second-order valence-corrected chi connectivity index (χ2v) is 20.6. The summed E-state index contributed by atoms with van der Waals surface area (Å²) < 4.78 is 104. The van der Waals surface area contributed by atoms with Crippen LogP contribution < -0.4 is 4.57 Å². The summed E-state index contributed by atoms with van der Waals surface area (Å²) in [5.74, 6) is -2.58. The van der Waals surface area contributed by atoms with Crippen molar-refractivity contribution in [3.8, 4) is 0 Å². The number of hydrogen-bond donors (Lipinski definition) is 0. The predicted octanol–water partition coefficient (Wildman–Crippen LogP) is 6.87. The Bertz CT molecular complexity index is 924. The van der Waals surface area contributed by atoms with E-state index in [0.717, 1.165) is 0 Å². The fourth-order valence-corrected chi connectivity index (χ4v) is 4.56. The highest BCUT2D eigenvalue weighted by Crippen LogP contribution is 2.42. The molecule has 1 heterocycles. The van der Waals surface area contributed by atoms with Crippen LogP contribution in [-0.4, -0.2) is 39.0 Å². The monoisotopic (exact) mass is 522 g/mol. The van der Waals surface area contributed by atoms with Crippen LogP contribution in [0.25, 0.3) is 0 Å². The van der Waals surface area contributed by atoms with Gasteiger partial charge in [0.25, 0.3) is 8.32 Å². The standard InChI is InChI=1S/C20H33F6N3O2Si2/c1-17(2,3)32(7,8)29(12-15(30)31-33(9,10)18(4,5)6)16-27-13(19(21,22)23)11-14(28-16)20(24,25)26/h11H,12H2,1-10H3/i12+1D2,15+1,29+1. The third-order valence-electron chi connectivity index (χ3n) is 6.25. The molecule has 0 aromatic carbocycles. The van der Waals surface area contributed by atoms with Crippen molar-refractivity contribution in [3.05, 3.63) is 17.5 Å². The van der Waals surface area contributed by atoms with E-state index >= 15 is 0 Å². The minimum Gasteiger partial charge on any atom is -0.518 e. The molecular weight excluding hydrogens is 487 g/mol. The first-order valence-corrected chi connectivity index (χ1v) is 16.0. The second kappa shape index (κ2) is 8.86. The molecule has 0 aliphatic heterocycles. The summed E-state index contributed by atoms with van der Waals surface area (Å²) >= 11 is 0. The molecule has 1 aromatic rings. The van der Waals surface area contributed by atoms with Gasteiger partial charge in [-0.15, -0.1) is 0 Å². The van der Waals surface area contributed by atoms with E-state index in [9.17, 15) is 31.1 Å². The summed E-state index contributed by atoms with van der Waals surface area (Å²) in [6.45, 7) is 13.5. The number of anilines is 1. The van der Waals surface area contributed by atoms with Gasteiger partial charge in [0.1, 0.15) is 6.50 Å². The molecule has 0 amide bonds. The van der Waals surface area contributed by atoms with Crippen molar-refractivity contribution in [2.45, 2.75) is 90.2 Å². The molecule has 0 aliphatic rings. The van der Waals surface area contributed by atoms with Crippen molar-refractivity contribution < 1.29 is 38.3 Å². The van der Waals surface area contributed by atoms with Crippen LogP contribution in [-0.2, 0) is 21.6 Å². The van der Waals surface area contributed by atoms with Gasteiger partial charge in [-0.2, -0.15) is 26.3 Å². The molecule has 1 aromatic heterocycles. The lowest BCUT2D eigenvalue weighted by Crippen LogP contribution is -2.58. The number of rotatable bonds is 5. The smallest absolute Gasteiger partial charge is 0.433 e. The average Bonchev–Trinajstić information content (AvgIpc) is 2.57. The van der Waals surface area contributed by atoms with Crippen molar-refractivity contribution in [2.75, 3.05) is 11.1 Å². The first-order valence-electron chi connectivity index (χ1n) is 11.1. The molecule has 0 atom stereocenters. The van der Waals surface area contributed by atoms with Crippen LogP contribution in [0, 0.1) is 0 Å². The molecular formula is C20H33F6N3O2Si2. The van der Waals surface area contributed by atoms with Crippen LogP contribution in [0.5, 0.6) is 0 Å². The molecule has 5 nitrogen and oxygen atoms in total. The van der Waals surface area contributed by atoms with Gasteiger partial charge >= 0.3 is 18.3 Å². The van der Waals surface area contributed by atoms with Crippen molar-refractivity contribution in [1.29, 1.82) is 0 Å². The van der Waals surface area contributed by atoms with E-state index in [2.05, 4.69) is 9.97 Å². The summed E-state index contributed by atoms with van der Waals surface area (Å²) in [4.78, 5) is 19.8. The topological polar surface area (TPSA) is 55.3 Å². The maximum absolute atomic E-state index is 13.5. The Hall–Kier alpha value is -1.64. The molecule has 0 N–H and O–H groups in total. The molecule has 0 saturated heterocycles. The van der Waals surface area contributed by atoms with E-state index in [0.29, 0.717) is 4.57 Å². The Balaban J connectivity index is 3.97. The van der Waals surface area contributed by atoms with Crippen LogP contribution in [0.2, 0.25) is 36.3 Å². The second-order valence-electron chi connectivity index (χ2n) is 10.8. The first-order chi connectivity index (χ1) is 15.1. The number of carbonyl (C=O) groups excluding carboxylic acids is 1. The third-order valence-corrected chi connectivity index (χ3v) is 15.7. The maximum Gasteiger partial charge on any atom is 0.433 e. The largest absolute Gasteiger partial charge is 0.518 e. The van der Waals surface area contributed by atoms with Crippen LogP contribution in [0.15, 0.2) is 6.07 Å². The van der Waals surface area contributed by atoms with Gasteiger partial charge in [-0.3, -0.25) is 4.79 Å². The Morgan fingerprint density at radius 3 is 1.61 bits per heavy atom. The van der Waals surface area contributed by atoms with Gasteiger partial charge in [0.05, 0.1) is 2.74 Å². The summed E-state index contributed by atoms with van der Waals surface area (Å²) in [7, 11) is -6.36. The first kappa shape index (κ1) is 26.0. The molecule has 0 fully saturated rings. The maximum atomic E-state index is 13.5. The van der Waals surface area contributed by atoms with E-state index in [1.807, 2.05) is 0 Å². The zero-order valence-corrected chi connectivity index (χ0v) is 22.5. The highest BCUT2D eigenvalue weighted by molar-refractivity contribution is 6.83. The Morgan fingerprint density at radius 2 is 1.30 bits per heavy atom. The molecule has 33 heavy (non-hydrogen) atoms. The molecule has 0 radical (unpaired) electrons. The fourth-order valence-electron chi connectivity index (χ4n) is 2.10. The molecule has 190 valence electrons. The van der Waals surface area contributed by atoms with E-state index in [-0.39, 0.29) is 6.07 Å². The minimum atomic E-state index is -5.27. The van der Waals surface area contributed by atoms with Crippen molar-refractivity contribution in [1.82, 2.24) is 9.97 Å². The lowest BCUT2D eigenvalue weighted by atomic mass is 10.2. The molecule has 0 spiro atoms. The van der Waals surface area contributed by atoms with Crippen LogP contribution in [0.1, 0.15) is 55.7 Å². The average molecular weight is 523 g/mol. The highest BCUT2D eigenvalue weighted by atomic mass is 28.4. The van der Waals surface area contributed by atoms with Crippen molar-refractivity contribution >= 4 is 28.5 Å². The SMILES string of the molecule is [2H][13C]([2H])([13C](=O)O[Si](C)(C)C(C)(C)C)[15N](c1nc(C(F)(F)F)cc(C(F)(F)F)n1)[Si](C)(C)C(C)(C)C. The zero-order valence-electron chi connectivity index (χ0n) is 22.5. The predicted molar refractivity (Wildman–Crippen MR) is 120 cm³/mol. The summed E-state index contributed by atoms with van der Waals surface area (Å²) in [6, 6.07) is -0.239. The molecule has 13 heteroatoms. The Labute approximate surface area is 196 Å². The molecule has 1 rings (SSSR count). The molecule has 0 unspecified atom stereocenters. The Morgan fingerprint density at radius 1 is 0.909 bits per heavy atom. The van der Waals surface area contributed by atoms with Crippen LogP contribution in [0.4, 0.5) is 32.3 Å². The number of hydrogen-bond acceptors (Lipinski definition) is 5. The Kier molecular flexibility index (Phi) is 6.97. The summed E-state index contributed by atoms with van der Waals surface area (Å²) in [6.07, 6.45) is -10.5. The van der Waals surface area contributed by atoms with E-state index < -0.39 is 68.8 Å². The summed E-state index contributed by atoms with van der Waals surface area (Å²) in [5, 5.41) is -1.37. The minimum absolute atomic E-state index is 0.239. The van der Waals surface area contributed by atoms with Crippen molar-refractivity contribution in [3.63, 3.8) is 0 Å². The number of aromatic nitrogens is 2. The third kappa shape index (κ3) is 6.93. The highest BCUT2D eigenvalue weighted by Gasteiger charge is 2.47. The van der Waals surface area contributed by atoms with Gasteiger partial charge in [0, 0.05) is 0 Å². The van der Waals surface area contributed by atoms with Gasteiger partial charge in [0.2, 0.25) is 5.95 Å². The lowest BCUT2D eigenvalue weighted by Gasteiger charge is -2.46. The number of alkyl halides is 6. The van der Waals surface area contributed by atoms with Gasteiger partial charge in [0.15, 0.2) is 19.6 Å². The molecule has 0 bridgehead atoms. The van der Waals surface area contributed by atoms with Gasteiger partial charge in [-0.05, 0) is 29.2 Å². The normalized spacial score (nSPS) is 15.6. The number of carbonyl (C=O) groups is 1. The van der Waals surface area contributed by atoms with Crippen molar-refractivity contribution in [2.24, 2.45) is 0 Å². The lowest BCUT2D eigenvalue weighted by molar-refractivity contribution is -0.147. The summed E-state index contributed by atoms with van der Waals surface area (Å²) in [5.41, 5.74) is -3.79. The van der Waals surface area contributed by atoms with Gasteiger partial charge in [-0.25, -0.2) is 9.97 Å². The van der Waals surface area contributed by atoms with E-state index in [1.54, 1.807) is 54.6 Å². The van der Waals surface area contributed by atoms with Crippen LogP contribution >= 0.6 is 0 Å². The van der Waals surface area contributed by atoms with Crippen LogP contribution in [0.3, 0.4) is 0 Å². The van der Waals surface area contributed by atoms with E-state index in [1.165, 1.54) is 13.1 Å². The van der Waals surface area contributed by atoms with Gasteiger partial charge in [-0.1, -0.05) is 54.6 Å². The molecule has 0 aliphatic carbocycles. The number of nitrogens with zero attached hydrogens (tertiary/aromatic N) is 3.